The largest absolute Gasteiger partial charge is 0.300 e. The van der Waals surface area contributed by atoms with Crippen molar-refractivity contribution < 1.29 is 18.0 Å². The Bertz CT molecular complexity index is 322. The van der Waals surface area contributed by atoms with Crippen molar-refractivity contribution in [1.29, 1.82) is 0 Å². The van der Waals surface area contributed by atoms with Gasteiger partial charge in [0.15, 0.2) is 0 Å². The van der Waals surface area contributed by atoms with Crippen LogP contribution in [0.2, 0.25) is 5.02 Å². The lowest BCUT2D eigenvalue weighted by Gasteiger charge is -2.01. The van der Waals surface area contributed by atoms with Gasteiger partial charge in [-0.2, -0.15) is 4.39 Å². The van der Waals surface area contributed by atoms with Crippen molar-refractivity contribution in [3.63, 3.8) is 0 Å². The van der Waals surface area contributed by atoms with Crippen molar-refractivity contribution in [3.8, 4) is 0 Å². The van der Waals surface area contributed by atoms with Crippen LogP contribution in [0, 0.1) is 5.95 Å². The topological polar surface area (TPSA) is 30.0 Å². The highest BCUT2D eigenvalue weighted by Gasteiger charge is 2.24. The summed E-state index contributed by atoms with van der Waals surface area (Å²) in [6.45, 7) is 0. The SMILES string of the molecule is O=C(c1c(Cl)ccnc1F)C(F)F. The van der Waals surface area contributed by atoms with E-state index in [0.29, 0.717) is 0 Å². The summed E-state index contributed by atoms with van der Waals surface area (Å²) in [6, 6.07) is 1.07. The third-order valence-corrected chi connectivity index (χ3v) is 1.61. The molecule has 0 aromatic carbocycles. The molecule has 0 atom stereocenters. The molecule has 1 aromatic heterocycles. The number of carbonyl (C=O) groups excluding carboxylic acids is 1. The second-order valence-electron chi connectivity index (χ2n) is 2.12. The highest BCUT2D eigenvalue weighted by Crippen LogP contribution is 2.19. The summed E-state index contributed by atoms with van der Waals surface area (Å²) in [5, 5.41) is -0.363. The van der Waals surface area contributed by atoms with Gasteiger partial charge in [-0.1, -0.05) is 11.6 Å². The molecule has 6 heteroatoms. The first-order valence-corrected chi connectivity index (χ1v) is 3.54. The Balaban J connectivity index is 3.20. The molecule has 2 nitrogen and oxygen atoms in total. The van der Waals surface area contributed by atoms with Crippen LogP contribution in [0.4, 0.5) is 13.2 Å². The van der Waals surface area contributed by atoms with Gasteiger partial charge >= 0.3 is 6.43 Å². The lowest BCUT2D eigenvalue weighted by Crippen LogP contribution is -2.13. The number of nitrogens with zero attached hydrogens (tertiary/aromatic N) is 1. The summed E-state index contributed by atoms with van der Waals surface area (Å²) in [6.07, 6.45) is -2.30. The Labute approximate surface area is 76.3 Å². The van der Waals surface area contributed by atoms with E-state index in [1.165, 1.54) is 0 Å². The van der Waals surface area contributed by atoms with E-state index in [4.69, 9.17) is 11.6 Å². The molecule has 0 unspecified atom stereocenters. The molecule has 1 rings (SSSR count). The number of rotatable bonds is 2. The molecule has 0 fully saturated rings. The molecule has 0 aliphatic heterocycles. The molecule has 0 saturated carbocycles. The molecule has 1 aromatic rings. The Hall–Kier alpha value is -1.10. The minimum Gasteiger partial charge on any atom is -0.287 e. The van der Waals surface area contributed by atoms with Gasteiger partial charge in [0.1, 0.15) is 0 Å². The Morgan fingerprint density at radius 3 is 2.62 bits per heavy atom. The molecule has 0 spiro atoms. The van der Waals surface area contributed by atoms with Crippen molar-refractivity contribution >= 4 is 17.4 Å². The molecule has 0 saturated heterocycles. The highest BCUT2D eigenvalue weighted by atomic mass is 35.5. The van der Waals surface area contributed by atoms with Crippen molar-refractivity contribution in [2.45, 2.75) is 6.43 Å². The number of Topliss-reactive ketones (excluding diaryl/α,β-unsaturated/α-hetero) is 1. The minimum atomic E-state index is -3.28. The van der Waals surface area contributed by atoms with E-state index in [1.54, 1.807) is 0 Å². The zero-order valence-corrected chi connectivity index (χ0v) is 6.86. The fourth-order valence-electron chi connectivity index (χ4n) is 0.743. The average Bonchev–Trinajstić information content (AvgIpc) is 2.03. The van der Waals surface area contributed by atoms with Crippen LogP contribution in [0.3, 0.4) is 0 Å². The van der Waals surface area contributed by atoms with Gasteiger partial charge in [0.05, 0.1) is 10.6 Å². The van der Waals surface area contributed by atoms with E-state index in [1.807, 2.05) is 0 Å². The van der Waals surface area contributed by atoms with E-state index in [9.17, 15) is 18.0 Å². The standard InChI is InChI=1S/C7H3ClF3NO/c8-3-1-2-12-7(11)4(3)5(13)6(9)10/h1-2,6H. The predicted octanol–water partition coefficient (Wildman–Crippen LogP) is 2.32. The van der Waals surface area contributed by atoms with Crippen molar-refractivity contribution in [2.24, 2.45) is 0 Å². The van der Waals surface area contributed by atoms with Crippen molar-refractivity contribution in [2.75, 3.05) is 0 Å². The third-order valence-electron chi connectivity index (χ3n) is 1.30. The van der Waals surface area contributed by atoms with E-state index >= 15 is 0 Å². The van der Waals surface area contributed by atoms with Crippen LogP contribution >= 0.6 is 11.6 Å². The number of halogens is 4. The molecular weight excluding hydrogens is 207 g/mol. The van der Waals surface area contributed by atoms with E-state index < -0.39 is 23.7 Å². The fraction of sp³-hybridized carbons (Fsp3) is 0.143. The summed E-state index contributed by atoms with van der Waals surface area (Å²) < 4.78 is 36.5. The molecule has 1 heterocycles. The number of hydrogen-bond donors (Lipinski definition) is 0. The summed E-state index contributed by atoms with van der Waals surface area (Å²) >= 11 is 5.33. The molecule has 70 valence electrons. The quantitative estimate of drug-likeness (QED) is 0.553. The Kier molecular flexibility index (Phi) is 2.87. The van der Waals surface area contributed by atoms with Crippen LogP contribution in [-0.2, 0) is 0 Å². The van der Waals surface area contributed by atoms with Crippen molar-refractivity contribution in [3.05, 3.63) is 28.8 Å². The van der Waals surface area contributed by atoms with Gasteiger partial charge in [0.25, 0.3) is 0 Å². The third kappa shape index (κ3) is 1.98. The second-order valence-corrected chi connectivity index (χ2v) is 2.53. The van der Waals surface area contributed by atoms with E-state index in [2.05, 4.69) is 4.98 Å². The van der Waals surface area contributed by atoms with Crippen molar-refractivity contribution in [1.82, 2.24) is 4.98 Å². The molecule has 0 aliphatic rings. The maximum Gasteiger partial charge on any atom is 0.300 e. The molecule has 0 N–H and O–H groups in total. The van der Waals surface area contributed by atoms with Gasteiger partial charge in [0.2, 0.25) is 11.7 Å². The van der Waals surface area contributed by atoms with Crippen LogP contribution in [0.15, 0.2) is 12.3 Å². The first-order chi connectivity index (χ1) is 6.04. The zero-order chi connectivity index (χ0) is 10.0. The zero-order valence-electron chi connectivity index (χ0n) is 6.10. The van der Waals surface area contributed by atoms with Crippen LogP contribution < -0.4 is 0 Å². The summed E-state index contributed by atoms with van der Waals surface area (Å²) in [4.78, 5) is 13.7. The molecule has 0 bridgehead atoms. The maximum atomic E-state index is 12.7. The maximum absolute atomic E-state index is 12.7. The number of carbonyl (C=O) groups is 1. The first kappa shape index (κ1) is 9.98. The van der Waals surface area contributed by atoms with Crippen LogP contribution in [0.5, 0.6) is 0 Å². The highest BCUT2D eigenvalue weighted by molar-refractivity contribution is 6.34. The predicted molar refractivity (Wildman–Crippen MR) is 39.5 cm³/mol. The number of alkyl halides is 2. The molecule has 13 heavy (non-hydrogen) atoms. The number of aromatic nitrogens is 1. The normalized spacial score (nSPS) is 10.5. The molecule has 0 radical (unpaired) electrons. The lowest BCUT2D eigenvalue weighted by atomic mass is 10.2. The molecule has 0 aliphatic carbocycles. The molecular formula is C7H3ClF3NO. The summed E-state index contributed by atoms with van der Waals surface area (Å²) in [5.74, 6) is -2.94. The van der Waals surface area contributed by atoms with Crippen LogP contribution in [0.1, 0.15) is 10.4 Å². The number of hydrogen-bond acceptors (Lipinski definition) is 2. The van der Waals surface area contributed by atoms with Crippen LogP contribution in [-0.4, -0.2) is 17.2 Å². The number of ketones is 1. The first-order valence-electron chi connectivity index (χ1n) is 3.16. The smallest absolute Gasteiger partial charge is 0.287 e. The number of pyridine rings is 1. The Morgan fingerprint density at radius 1 is 1.54 bits per heavy atom. The minimum absolute atomic E-state index is 0.363. The van der Waals surface area contributed by atoms with Gasteiger partial charge in [-0.05, 0) is 6.07 Å². The fourth-order valence-corrected chi connectivity index (χ4v) is 0.970. The summed E-state index contributed by atoms with van der Waals surface area (Å²) in [5.41, 5.74) is -0.862. The van der Waals surface area contributed by atoms with Gasteiger partial charge in [-0.3, -0.25) is 4.79 Å². The van der Waals surface area contributed by atoms with Gasteiger partial charge < -0.3 is 0 Å². The second kappa shape index (κ2) is 3.74. The van der Waals surface area contributed by atoms with Crippen LogP contribution in [0.25, 0.3) is 0 Å². The summed E-state index contributed by atoms with van der Waals surface area (Å²) in [7, 11) is 0. The molecule has 0 amide bonds. The lowest BCUT2D eigenvalue weighted by molar-refractivity contribution is 0.0673. The van der Waals surface area contributed by atoms with Gasteiger partial charge in [-0.15, -0.1) is 0 Å². The van der Waals surface area contributed by atoms with E-state index in [-0.39, 0.29) is 5.02 Å². The van der Waals surface area contributed by atoms with Gasteiger partial charge in [-0.25, -0.2) is 13.8 Å². The average molecular weight is 210 g/mol. The monoisotopic (exact) mass is 209 g/mol. The van der Waals surface area contributed by atoms with E-state index in [0.717, 1.165) is 12.3 Å². The van der Waals surface area contributed by atoms with Gasteiger partial charge in [0, 0.05) is 6.20 Å². The Morgan fingerprint density at radius 2 is 2.15 bits per heavy atom.